The van der Waals surface area contributed by atoms with Crippen molar-refractivity contribution >= 4 is 44.5 Å². The van der Waals surface area contributed by atoms with Crippen LogP contribution in [-0.2, 0) is 20.6 Å². The quantitative estimate of drug-likeness (QED) is 0.0585. The van der Waals surface area contributed by atoms with Gasteiger partial charge in [0.1, 0.15) is 0 Å². The Balaban J connectivity index is -0.00000481. The molecule has 1 saturated heterocycles. The third kappa shape index (κ3) is 20.9. The van der Waals surface area contributed by atoms with E-state index in [-0.39, 0.29) is 55.4 Å². The van der Waals surface area contributed by atoms with Gasteiger partial charge in [0.2, 0.25) is 0 Å². The van der Waals surface area contributed by atoms with Crippen molar-refractivity contribution in [3.05, 3.63) is 0 Å². The normalized spacial score (nSPS) is 21.4. The van der Waals surface area contributed by atoms with Crippen molar-refractivity contribution < 1.29 is 105 Å². The number of rotatable bonds is 16. The van der Waals surface area contributed by atoms with Crippen LogP contribution in [0.1, 0.15) is 19.3 Å². The summed E-state index contributed by atoms with van der Waals surface area (Å²) < 4.78 is 28.5. The minimum absolute atomic E-state index is 0. The molecule has 1 aliphatic rings. The Morgan fingerprint density at radius 3 is 1.24 bits per heavy atom. The summed E-state index contributed by atoms with van der Waals surface area (Å²) in [5.74, 6) is 0. The van der Waals surface area contributed by atoms with Crippen LogP contribution in [-0.4, -0.2) is 175 Å². The summed E-state index contributed by atoms with van der Waals surface area (Å²) in [6.07, 6.45) is 0.982. The molecule has 1 rings (SSSR count). The lowest BCUT2D eigenvalue weighted by Gasteiger charge is -2.45. The summed E-state index contributed by atoms with van der Waals surface area (Å²) >= 11 is 0. The standard InChI is InChI=1S/C18H52N3O12Si5.3ClH/c1-19(2,3)13-10-16-34(22,23)29-38(30-35(24,25)17-11-14-20(4,5)6)32-36(26,31-37(27,28)33-38)18-12-15-21(7,8)9;;;/h22-28H,10-18H2,1-9H3;3*1H/q+3;;;/p-3. The molecule has 1 aliphatic heterocycles. The molecule has 0 aromatic heterocycles. The van der Waals surface area contributed by atoms with Crippen LogP contribution in [0.3, 0.4) is 0 Å². The Morgan fingerprint density at radius 1 is 0.561 bits per heavy atom. The molecule has 0 saturated carbocycles. The topological polar surface area (TPSA) is 188 Å². The van der Waals surface area contributed by atoms with Crippen LogP contribution in [0.2, 0.25) is 18.1 Å². The van der Waals surface area contributed by atoms with E-state index in [9.17, 15) is 33.6 Å². The molecular formula is C18H52Cl3N3O12Si5. The highest BCUT2D eigenvalue weighted by molar-refractivity contribution is 6.88. The van der Waals surface area contributed by atoms with Gasteiger partial charge in [-0.25, -0.2) is 0 Å². The van der Waals surface area contributed by atoms with Gasteiger partial charge < -0.3 is 105 Å². The highest BCUT2D eigenvalue weighted by Crippen LogP contribution is 2.35. The number of quaternary nitrogens is 3. The molecule has 41 heavy (non-hydrogen) atoms. The molecule has 1 unspecified atom stereocenters. The summed E-state index contributed by atoms with van der Waals surface area (Å²) in [7, 11) is -6.86. The molecular weight excluding hydrogens is 697 g/mol. The second kappa shape index (κ2) is 16.8. The predicted octanol–water partition coefficient (Wildman–Crippen LogP) is -12.0. The number of hydrogen-bond acceptors (Lipinski definition) is 12. The minimum Gasteiger partial charge on any atom is -1.00 e. The Bertz CT molecular complexity index is 737. The maximum absolute atomic E-state index is 11.2. The van der Waals surface area contributed by atoms with Crippen LogP contribution >= 0.6 is 0 Å². The van der Waals surface area contributed by atoms with Gasteiger partial charge >= 0.3 is 44.5 Å². The Morgan fingerprint density at radius 2 is 0.902 bits per heavy atom. The Hall–Kier alpha value is 1.35. The van der Waals surface area contributed by atoms with Gasteiger partial charge in [0, 0.05) is 37.4 Å². The molecule has 23 heteroatoms. The smallest absolute Gasteiger partial charge is 0.660 e. The van der Waals surface area contributed by atoms with Gasteiger partial charge in [0.05, 0.1) is 83.1 Å². The largest absolute Gasteiger partial charge is 1.00 e. The maximum atomic E-state index is 11.2. The van der Waals surface area contributed by atoms with Crippen molar-refractivity contribution in [2.45, 2.75) is 37.4 Å². The average molecular weight is 749 g/mol. The second-order valence-electron chi connectivity index (χ2n) is 13.1. The summed E-state index contributed by atoms with van der Waals surface area (Å²) in [6, 6.07) is -0.606. The monoisotopic (exact) mass is 747 g/mol. The van der Waals surface area contributed by atoms with Crippen molar-refractivity contribution in [1.29, 1.82) is 0 Å². The summed E-state index contributed by atoms with van der Waals surface area (Å²) in [6.45, 7) is 1.69. The number of hydrogen-bond donors (Lipinski definition) is 7. The van der Waals surface area contributed by atoms with Gasteiger partial charge in [-0.1, -0.05) is 0 Å². The molecule has 0 aromatic rings. The van der Waals surface area contributed by atoms with Gasteiger partial charge in [-0.05, 0) is 0 Å². The number of halogens is 3. The maximum Gasteiger partial charge on any atom is 0.660 e. The van der Waals surface area contributed by atoms with Crippen LogP contribution in [0.4, 0.5) is 0 Å². The Kier molecular flexibility index (Phi) is 19.1. The van der Waals surface area contributed by atoms with Crippen molar-refractivity contribution in [2.24, 2.45) is 0 Å². The summed E-state index contributed by atoms with van der Waals surface area (Å²) in [4.78, 5) is 75.3. The average Bonchev–Trinajstić information content (AvgIpc) is 2.53. The van der Waals surface area contributed by atoms with E-state index in [2.05, 4.69) is 0 Å². The van der Waals surface area contributed by atoms with Crippen LogP contribution in [0.25, 0.3) is 0 Å². The molecule has 0 aliphatic carbocycles. The first-order valence-electron chi connectivity index (χ1n) is 12.6. The highest BCUT2D eigenvalue weighted by atomic mass is 35.5. The first-order chi connectivity index (χ1) is 16.7. The fourth-order valence-electron chi connectivity index (χ4n) is 3.68. The molecule has 1 atom stereocenters. The zero-order chi connectivity index (χ0) is 29.9. The third-order valence-electron chi connectivity index (χ3n) is 5.40. The highest BCUT2D eigenvalue weighted by Gasteiger charge is 2.72. The molecule has 1 fully saturated rings. The van der Waals surface area contributed by atoms with Crippen LogP contribution in [0, 0.1) is 0 Å². The van der Waals surface area contributed by atoms with E-state index < -0.39 is 44.5 Å². The molecule has 7 N–H and O–H groups in total. The van der Waals surface area contributed by atoms with Gasteiger partial charge in [-0.15, -0.1) is 0 Å². The van der Waals surface area contributed by atoms with E-state index in [1.165, 1.54) is 0 Å². The van der Waals surface area contributed by atoms with E-state index in [4.69, 9.17) is 20.6 Å². The van der Waals surface area contributed by atoms with Gasteiger partial charge in [0.25, 0.3) is 0 Å². The van der Waals surface area contributed by atoms with Crippen LogP contribution in [0.5, 0.6) is 0 Å². The van der Waals surface area contributed by atoms with E-state index in [0.717, 1.165) is 0 Å². The van der Waals surface area contributed by atoms with Crippen LogP contribution < -0.4 is 37.2 Å². The fraction of sp³-hybridized carbons (Fsp3) is 1.00. The molecule has 1 heterocycles. The predicted molar refractivity (Wildman–Crippen MR) is 147 cm³/mol. The number of nitrogens with zero attached hydrogens (tertiary/aromatic N) is 3. The lowest BCUT2D eigenvalue weighted by atomic mass is 10.4. The molecule has 252 valence electrons. The van der Waals surface area contributed by atoms with Crippen molar-refractivity contribution in [3.63, 3.8) is 0 Å². The first-order valence-corrected chi connectivity index (χ1v) is 22.0. The molecule has 0 aromatic carbocycles. The second-order valence-corrected chi connectivity index (χ2v) is 25.2. The van der Waals surface area contributed by atoms with Gasteiger partial charge in [-0.2, -0.15) is 0 Å². The van der Waals surface area contributed by atoms with Crippen molar-refractivity contribution in [1.82, 2.24) is 0 Å². The summed E-state index contributed by atoms with van der Waals surface area (Å²) in [5.41, 5.74) is 0. The first kappa shape index (κ1) is 46.8. The Labute approximate surface area is 268 Å². The molecule has 0 bridgehead atoms. The van der Waals surface area contributed by atoms with E-state index >= 15 is 0 Å². The third-order valence-corrected chi connectivity index (χ3v) is 19.7. The lowest BCUT2D eigenvalue weighted by molar-refractivity contribution is -0.870. The fourth-order valence-corrected chi connectivity index (χ4v) is 19.2. The van der Waals surface area contributed by atoms with Gasteiger partial charge in [-0.3, -0.25) is 0 Å². The molecule has 15 nitrogen and oxygen atoms in total. The zero-order valence-corrected chi connectivity index (χ0v) is 32.8. The molecule has 0 spiro atoms. The van der Waals surface area contributed by atoms with Gasteiger partial charge in [0.15, 0.2) is 0 Å². The molecule has 0 radical (unpaired) electrons. The van der Waals surface area contributed by atoms with E-state index in [1.807, 2.05) is 63.4 Å². The zero-order valence-electron chi connectivity index (χ0n) is 25.5. The van der Waals surface area contributed by atoms with Crippen LogP contribution in [0.15, 0.2) is 0 Å². The van der Waals surface area contributed by atoms with Crippen molar-refractivity contribution in [3.8, 4) is 0 Å². The van der Waals surface area contributed by atoms with E-state index in [1.54, 1.807) is 0 Å². The van der Waals surface area contributed by atoms with Crippen molar-refractivity contribution in [2.75, 3.05) is 83.1 Å². The minimum atomic E-state index is -5.19. The lowest BCUT2D eigenvalue weighted by Crippen LogP contribution is -3.00. The SMILES string of the molecule is C[N+](C)(C)CCC[Si](O)(O)O[Si]1(O[Si](O)(O)CCC[N+](C)(C)C)O[Si](O)(O)O[Si](O)(CCC[N+](C)(C)C)O1.[Cl-].[Cl-].[Cl-]. The molecule has 0 amide bonds. The van der Waals surface area contributed by atoms with E-state index in [0.29, 0.717) is 52.3 Å². The summed E-state index contributed by atoms with van der Waals surface area (Å²) in [5, 5.41) is 0.